The number of nitrogens with one attached hydrogen (secondary N) is 2. The number of rotatable bonds is 7. The maximum atomic E-state index is 12.8. The minimum atomic E-state index is -3.68. The van der Waals surface area contributed by atoms with E-state index in [9.17, 15) is 13.2 Å². The molecule has 1 amide bonds. The molecule has 0 heterocycles. The molecule has 1 atom stereocenters. The first-order valence-electron chi connectivity index (χ1n) is 8.37. The van der Waals surface area contributed by atoms with Crippen LogP contribution >= 0.6 is 11.6 Å². The average molecular weight is 411 g/mol. The number of benzene rings is 2. The summed E-state index contributed by atoms with van der Waals surface area (Å²) < 4.78 is 31.4. The Morgan fingerprint density at radius 1 is 1.11 bits per heavy atom. The molecule has 2 aromatic carbocycles. The zero-order valence-corrected chi connectivity index (χ0v) is 17.2. The molecule has 0 spiro atoms. The van der Waals surface area contributed by atoms with Gasteiger partial charge in [-0.2, -0.15) is 0 Å². The summed E-state index contributed by atoms with van der Waals surface area (Å²) in [6.45, 7) is 3.97. The van der Waals surface area contributed by atoms with Gasteiger partial charge in [-0.15, -0.1) is 0 Å². The van der Waals surface area contributed by atoms with E-state index in [-0.39, 0.29) is 27.4 Å². The highest BCUT2D eigenvalue weighted by molar-refractivity contribution is 7.89. The van der Waals surface area contributed by atoms with Crippen molar-refractivity contribution >= 4 is 27.5 Å². The Hall–Kier alpha value is -2.09. The van der Waals surface area contributed by atoms with Crippen molar-refractivity contribution in [2.75, 3.05) is 14.2 Å². The van der Waals surface area contributed by atoms with Gasteiger partial charge in [0.05, 0.1) is 28.6 Å². The summed E-state index contributed by atoms with van der Waals surface area (Å²) in [5, 5.41) is 3.12. The number of sulfonamides is 1. The molecule has 2 N–H and O–H groups in total. The molecule has 0 fully saturated rings. The standard InChI is InChI=1S/C19H23ClN2O4S/c1-12(2)18(13-5-7-14(26-4)8-6-13)22-19(23)16-11-15(9-10-17(16)20)27(24,25)21-3/h5-12,18,21H,1-4H3,(H,22,23). The van der Waals surface area contributed by atoms with Crippen molar-refractivity contribution in [3.05, 3.63) is 58.6 Å². The monoisotopic (exact) mass is 410 g/mol. The maximum Gasteiger partial charge on any atom is 0.253 e. The minimum Gasteiger partial charge on any atom is -0.497 e. The molecule has 1 unspecified atom stereocenters. The number of halogens is 1. The van der Waals surface area contributed by atoms with Gasteiger partial charge in [-0.3, -0.25) is 4.79 Å². The van der Waals surface area contributed by atoms with Gasteiger partial charge in [0.15, 0.2) is 0 Å². The van der Waals surface area contributed by atoms with Crippen molar-refractivity contribution in [3.8, 4) is 5.75 Å². The fraction of sp³-hybridized carbons (Fsp3) is 0.316. The van der Waals surface area contributed by atoms with Gasteiger partial charge in [0.25, 0.3) is 5.91 Å². The Balaban J connectivity index is 2.34. The number of methoxy groups -OCH3 is 1. The Bertz CT molecular complexity index is 912. The Morgan fingerprint density at radius 2 is 1.74 bits per heavy atom. The molecule has 0 radical (unpaired) electrons. The van der Waals surface area contributed by atoms with Crippen LogP contribution in [0.2, 0.25) is 5.02 Å². The summed E-state index contributed by atoms with van der Waals surface area (Å²) in [5.74, 6) is 0.383. The molecule has 146 valence electrons. The first-order chi connectivity index (χ1) is 12.7. The van der Waals surface area contributed by atoms with E-state index < -0.39 is 15.9 Å². The average Bonchev–Trinajstić information content (AvgIpc) is 2.66. The summed E-state index contributed by atoms with van der Waals surface area (Å²) in [4.78, 5) is 12.8. The number of ether oxygens (including phenoxy) is 1. The number of amides is 1. The van der Waals surface area contributed by atoms with Crippen LogP contribution in [0.15, 0.2) is 47.4 Å². The summed E-state index contributed by atoms with van der Waals surface area (Å²) in [7, 11) is -0.782. The van der Waals surface area contributed by atoms with E-state index >= 15 is 0 Å². The fourth-order valence-electron chi connectivity index (χ4n) is 2.63. The van der Waals surface area contributed by atoms with Crippen LogP contribution in [0.3, 0.4) is 0 Å². The first kappa shape index (κ1) is 21.2. The van der Waals surface area contributed by atoms with E-state index in [0.29, 0.717) is 0 Å². The second-order valence-electron chi connectivity index (χ2n) is 6.32. The van der Waals surface area contributed by atoms with Crippen LogP contribution < -0.4 is 14.8 Å². The molecule has 0 aliphatic carbocycles. The Kier molecular flexibility index (Phi) is 6.86. The van der Waals surface area contributed by atoms with E-state index in [1.165, 1.54) is 25.2 Å². The largest absolute Gasteiger partial charge is 0.497 e. The Labute approximate surface area is 164 Å². The summed E-state index contributed by atoms with van der Waals surface area (Å²) >= 11 is 6.14. The zero-order chi connectivity index (χ0) is 20.2. The van der Waals surface area contributed by atoms with Crippen molar-refractivity contribution in [2.45, 2.75) is 24.8 Å². The Morgan fingerprint density at radius 3 is 2.26 bits per heavy atom. The van der Waals surface area contributed by atoms with Gasteiger partial charge in [-0.1, -0.05) is 37.6 Å². The lowest BCUT2D eigenvalue weighted by atomic mass is 9.95. The van der Waals surface area contributed by atoms with Crippen LogP contribution in [0.4, 0.5) is 0 Å². The quantitative estimate of drug-likeness (QED) is 0.732. The predicted octanol–water partition coefficient (Wildman–Crippen LogP) is 3.38. The highest BCUT2D eigenvalue weighted by atomic mass is 35.5. The van der Waals surface area contributed by atoms with E-state index in [4.69, 9.17) is 16.3 Å². The SMILES string of the molecule is CNS(=O)(=O)c1ccc(Cl)c(C(=O)NC(c2ccc(OC)cc2)C(C)C)c1. The van der Waals surface area contributed by atoms with Crippen molar-refractivity contribution in [1.29, 1.82) is 0 Å². The molecule has 0 aliphatic heterocycles. The second-order valence-corrected chi connectivity index (χ2v) is 8.61. The van der Waals surface area contributed by atoms with Crippen molar-refractivity contribution in [1.82, 2.24) is 10.0 Å². The van der Waals surface area contributed by atoms with Crippen molar-refractivity contribution in [2.24, 2.45) is 5.92 Å². The van der Waals surface area contributed by atoms with Gasteiger partial charge < -0.3 is 10.1 Å². The molecule has 6 nitrogen and oxygen atoms in total. The molecule has 27 heavy (non-hydrogen) atoms. The molecule has 0 aliphatic rings. The zero-order valence-electron chi connectivity index (χ0n) is 15.6. The lowest BCUT2D eigenvalue weighted by Crippen LogP contribution is -2.32. The van der Waals surface area contributed by atoms with E-state index in [1.54, 1.807) is 7.11 Å². The van der Waals surface area contributed by atoms with Crippen LogP contribution in [0.5, 0.6) is 5.75 Å². The highest BCUT2D eigenvalue weighted by Gasteiger charge is 2.22. The molecule has 0 saturated heterocycles. The highest BCUT2D eigenvalue weighted by Crippen LogP contribution is 2.26. The van der Waals surface area contributed by atoms with Crippen LogP contribution in [0.1, 0.15) is 35.8 Å². The number of carbonyl (C=O) groups excluding carboxylic acids is 1. The van der Waals surface area contributed by atoms with Gasteiger partial charge in [-0.05, 0) is 48.9 Å². The smallest absolute Gasteiger partial charge is 0.253 e. The van der Waals surface area contributed by atoms with Crippen LogP contribution in [-0.4, -0.2) is 28.5 Å². The normalized spacial score (nSPS) is 12.7. The van der Waals surface area contributed by atoms with Crippen LogP contribution in [0, 0.1) is 5.92 Å². The lowest BCUT2D eigenvalue weighted by molar-refractivity contribution is 0.0925. The van der Waals surface area contributed by atoms with Crippen LogP contribution in [-0.2, 0) is 10.0 Å². The third-order valence-electron chi connectivity index (χ3n) is 4.19. The summed E-state index contributed by atoms with van der Waals surface area (Å²) in [5.41, 5.74) is 1.02. The first-order valence-corrected chi connectivity index (χ1v) is 10.2. The van der Waals surface area contributed by atoms with Gasteiger partial charge in [0.1, 0.15) is 5.75 Å². The molecule has 2 aromatic rings. The van der Waals surface area contributed by atoms with Crippen molar-refractivity contribution < 1.29 is 17.9 Å². The van der Waals surface area contributed by atoms with E-state index in [2.05, 4.69) is 10.0 Å². The van der Waals surface area contributed by atoms with Gasteiger partial charge >= 0.3 is 0 Å². The van der Waals surface area contributed by atoms with Gasteiger partial charge in [-0.25, -0.2) is 13.1 Å². The number of hydrogen-bond donors (Lipinski definition) is 2. The minimum absolute atomic E-state index is 0.0231. The topological polar surface area (TPSA) is 84.5 Å². The lowest BCUT2D eigenvalue weighted by Gasteiger charge is -2.23. The molecule has 2 rings (SSSR count). The fourth-order valence-corrected chi connectivity index (χ4v) is 3.59. The number of carbonyl (C=O) groups is 1. The van der Waals surface area contributed by atoms with Crippen LogP contribution in [0.25, 0.3) is 0 Å². The van der Waals surface area contributed by atoms with Gasteiger partial charge in [0.2, 0.25) is 10.0 Å². The summed E-state index contributed by atoms with van der Waals surface area (Å²) in [6.07, 6.45) is 0. The van der Waals surface area contributed by atoms with Gasteiger partial charge in [0, 0.05) is 0 Å². The third kappa shape index (κ3) is 5.00. The molecule has 0 saturated carbocycles. The van der Waals surface area contributed by atoms with E-state index in [1.807, 2.05) is 38.1 Å². The molecule has 8 heteroatoms. The van der Waals surface area contributed by atoms with E-state index in [0.717, 1.165) is 11.3 Å². The molecular weight excluding hydrogens is 388 g/mol. The summed E-state index contributed by atoms with van der Waals surface area (Å²) in [6, 6.07) is 11.2. The number of hydrogen-bond acceptors (Lipinski definition) is 4. The third-order valence-corrected chi connectivity index (χ3v) is 5.93. The molecular formula is C19H23ClN2O4S. The maximum absolute atomic E-state index is 12.8. The molecule has 0 bridgehead atoms. The predicted molar refractivity (Wildman–Crippen MR) is 106 cm³/mol. The second kappa shape index (κ2) is 8.73. The van der Waals surface area contributed by atoms with Crippen molar-refractivity contribution in [3.63, 3.8) is 0 Å². The molecule has 0 aromatic heterocycles.